The summed E-state index contributed by atoms with van der Waals surface area (Å²) in [5.74, 6) is 0. The van der Waals surface area contributed by atoms with Gasteiger partial charge in [-0.05, 0) is 38.6 Å². The van der Waals surface area contributed by atoms with Crippen molar-refractivity contribution in [2.24, 2.45) is 0 Å². The molecule has 0 saturated heterocycles. The number of likely N-dealkylation sites (N-methyl/N-ethyl adjacent to an activating group) is 1. The van der Waals surface area contributed by atoms with Gasteiger partial charge in [0.15, 0.2) is 0 Å². The van der Waals surface area contributed by atoms with Crippen molar-refractivity contribution in [1.82, 2.24) is 9.88 Å². The van der Waals surface area contributed by atoms with E-state index >= 15 is 0 Å². The molecule has 2 rings (SSSR count). The normalized spacial score (nSPS) is 16.9. The van der Waals surface area contributed by atoms with Gasteiger partial charge >= 0.3 is 0 Å². The van der Waals surface area contributed by atoms with Crippen molar-refractivity contribution in [3.05, 3.63) is 30.1 Å². The van der Waals surface area contributed by atoms with Gasteiger partial charge in [-0.1, -0.05) is 6.07 Å². The minimum absolute atomic E-state index is 0. The standard InChI is InChI=1S/C12H18N2O.ClH/c1-14(2)12(5-6-12)10-15-9-11-4-3-7-13-8-11;/h3-4,7-8H,5-6,9-10H2,1-2H3;1H. The number of rotatable bonds is 5. The maximum Gasteiger partial charge on any atom is 0.0732 e. The van der Waals surface area contributed by atoms with Crippen LogP contribution in [0, 0.1) is 0 Å². The van der Waals surface area contributed by atoms with Crippen LogP contribution in [0.4, 0.5) is 0 Å². The van der Waals surface area contributed by atoms with E-state index in [1.54, 1.807) is 6.20 Å². The van der Waals surface area contributed by atoms with Crippen LogP contribution in [0.1, 0.15) is 18.4 Å². The van der Waals surface area contributed by atoms with Gasteiger partial charge in [-0.2, -0.15) is 0 Å². The second kappa shape index (κ2) is 5.62. The predicted octanol–water partition coefficient (Wildman–Crippen LogP) is 2.11. The van der Waals surface area contributed by atoms with Crippen LogP contribution in [-0.4, -0.2) is 36.1 Å². The SMILES string of the molecule is CN(C)C1(COCc2cccnc2)CC1.Cl. The zero-order chi connectivity index (χ0) is 10.7. The Morgan fingerprint density at radius 1 is 1.44 bits per heavy atom. The van der Waals surface area contributed by atoms with Crippen LogP contribution >= 0.6 is 12.4 Å². The molecule has 1 aromatic rings. The van der Waals surface area contributed by atoms with Gasteiger partial charge in [-0.3, -0.25) is 4.98 Å². The van der Waals surface area contributed by atoms with Crippen molar-refractivity contribution in [3.8, 4) is 0 Å². The Morgan fingerprint density at radius 3 is 2.69 bits per heavy atom. The minimum atomic E-state index is 0. The average Bonchev–Trinajstić information content (AvgIpc) is 3.01. The van der Waals surface area contributed by atoms with Crippen LogP contribution in [0.15, 0.2) is 24.5 Å². The van der Waals surface area contributed by atoms with Crippen molar-refractivity contribution in [2.45, 2.75) is 25.0 Å². The highest BCUT2D eigenvalue weighted by atomic mass is 35.5. The number of nitrogens with zero attached hydrogens (tertiary/aromatic N) is 2. The molecule has 0 radical (unpaired) electrons. The van der Waals surface area contributed by atoms with Crippen molar-refractivity contribution in [3.63, 3.8) is 0 Å². The summed E-state index contributed by atoms with van der Waals surface area (Å²) in [5, 5.41) is 0. The highest BCUT2D eigenvalue weighted by Crippen LogP contribution is 2.40. The Labute approximate surface area is 103 Å². The molecule has 1 saturated carbocycles. The minimum Gasteiger partial charge on any atom is -0.375 e. The molecular weight excluding hydrogens is 224 g/mol. The molecule has 1 heterocycles. The zero-order valence-electron chi connectivity index (χ0n) is 9.85. The first kappa shape index (κ1) is 13.4. The molecule has 0 amide bonds. The third-order valence-corrected chi connectivity index (χ3v) is 3.14. The third-order valence-electron chi connectivity index (χ3n) is 3.14. The molecule has 0 bridgehead atoms. The van der Waals surface area contributed by atoms with Crippen LogP contribution < -0.4 is 0 Å². The van der Waals surface area contributed by atoms with Crippen molar-refractivity contribution >= 4 is 12.4 Å². The number of ether oxygens (including phenoxy) is 1. The Kier molecular flexibility index (Phi) is 4.71. The molecule has 4 heteroatoms. The second-order valence-corrected chi connectivity index (χ2v) is 4.47. The quantitative estimate of drug-likeness (QED) is 0.791. The molecular formula is C12H19ClN2O. The fourth-order valence-electron chi connectivity index (χ4n) is 1.71. The molecule has 0 spiro atoms. The molecule has 0 atom stereocenters. The third kappa shape index (κ3) is 3.17. The first-order chi connectivity index (χ1) is 7.23. The van der Waals surface area contributed by atoms with Crippen molar-refractivity contribution < 1.29 is 4.74 Å². The summed E-state index contributed by atoms with van der Waals surface area (Å²) in [6.07, 6.45) is 6.15. The van der Waals surface area contributed by atoms with Gasteiger partial charge in [0.25, 0.3) is 0 Å². The lowest BCUT2D eigenvalue weighted by molar-refractivity contribution is 0.0577. The lowest BCUT2D eigenvalue weighted by atomic mass is 10.2. The molecule has 0 aromatic carbocycles. The number of aromatic nitrogens is 1. The summed E-state index contributed by atoms with van der Waals surface area (Å²) in [6.45, 7) is 1.50. The topological polar surface area (TPSA) is 25.4 Å². The Bertz CT molecular complexity index is 312. The smallest absolute Gasteiger partial charge is 0.0732 e. The van der Waals surface area contributed by atoms with E-state index in [0.29, 0.717) is 12.1 Å². The Balaban J connectivity index is 0.00000128. The molecule has 90 valence electrons. The number of pyridine rings is 1. The summed E-state index contributed by atoms with van der Waals surface area (Å²) in [4.78, 5) is 6.33. The van der Waals surface area contributed by atoms with Crippen LogP contribution in [-0.2, 0) is 11.3 Å². The van der Waals surface area contributed by atoms with Crippen molar-refractivity contribution in [2.75, 3.05) is 20.7 Å². The first-order valence-corrected chi connectivity index (χ1v) is 5.37. The summed E-state index contributed by atoms with van der Waals surface area (Å²) < 4.78 is 5.73. The zero-order valence-corrected chi connectivity index (χ0v) is 10.7. The number of hydrogen-bond acceptors (Lipinski definition) is 3. The molecule has 1 fully saturated rings. The second-order valence-electron chi connectivity index (χ2n) is 4.47. The van der Waals surface area contributed by atoms with Gasteiger partial charge in [-0.25, -0.2) is 0 Å². The molecule has 1 aliphatic rings. The van der Waals surface area contributed by atoms with Gasteiger partial charge < -0.3 is 9.64 Å². The summed E-state index contributed by atoms with van der Waals surface area (Å²) in [7, 11) is 4.25. The van der Waals surface area contributed by atoms with E-state index in [1.807, 2.05) is 18.3 Å². The summed E-state index contributed by atoms with van der Waals surface area (Å²) in [6, 6.07) is 3.99. The molecule has 1 aliphatic carbocycles. The number of hydrogen-bond donors (Lipinski definition) is 0. The van der Waals surface area contributed by atoms with Gasteiger partial charge in [0, 0.05) is 17.9 Å². The maximum absolute atomic E-state index is 5.73. The predicted molar refractivity (Wildman–Crippen MR) is 66.8 cm³/mol. The highest BCUT2D eigenvalue weighted by molar-refractivity contribution is 5.85. The van der Waals surface area contributed by atoms with E-state index in [4.69, 9.17) is 4.74 Å². The van der Waals surface area contributed by atoms with Gasteiger partial charge in [0.2, 0.25) is 0 Å². The summed E-state index contributed by atoms with van der Waals surface area (Å²) >= 11 is 0. The Hall–Kier alpha value is -0.640. The average molecular weight is 243 g/mol. The van der Waals surface area contributed by atoms with Crippen LogP contribution in [0.2, 0.25) is 0 Å². The van der Waals surface area contributed by atoms with Gasteiger partial charge in [0.05, 0.1) is 13.2 Å². The molecule has 3 nitrogen and oxygen atoms in total. The van der Waals surface area contributed by atoms with Crippen LogP contribution in [0.25, 0.3) is 0 Å². The van der Waals surface area contributed by atoms with E-state index in [9.17, 15) is 0 Å². The maximum atomic E-state index is 5.73. The van der Waals surface area contributed by atoms with E-state index in [1.165, 1.54) is 12.8 Å². The molecule has 0 aliphatic heterocycles. The lowest BCUT2D eigenvalue weighted by Crippen LogP contribution is -2.34. The molecule has 0 unspecified atom stereocenters. The molecule has 16 heavy (non-hydrogen) atoms. The van der Waals surface area contributed by atoms with Gasteiger partial charge in [-0.15, -0.1) is 12.4 Å². The van der Waals surface area contributed by atoms with E-state index in [0.717, 1.165) is 12.2 Å². The van der Waals surface area contributed by atoms with E-state index in [2.05, 4.69) is 24.0 Å². The largest absolute Gasteiger partial charge is 0.375 e. The highest BCUT2D eigenvalue weighted by Gasteiger charge is 2.44. The van der Waals surface area contributed by atoms with Crippen molar-refractivity contribution in [1.29, 1.82) is 0 Å². The number of halogens is 1. The fraction of sp³-hybridized carbons (Fsp3) is 0.583. The fourth-order valence-corrected chi connectivity index (χ4v) is 1.71. The monoisotopic (exact) mass is 242 g/mol. The summed E-state index contributed by atoms with van der Waals surface area (Å²) in [5.41, 5.74) is 1.47. The lowest BCUT2D eigenvalue weighted by Gasteiger charge is -2.23. The van der Waals surface area contributed by atoms with E-state index < -0.39 is 0 Å². The Morgan fingerprint density at radius 2 is 2.19 bits per heavy atom. The van der Waals surface area contributed by atoms with Crippen LogP contribution in [0.5, 0.6) is 0 Å². The first-order valence-electron chi connectivity index (χ1n) is 5.37. The molecule has 1 aromatic heterocycles. The van der Waals surface area contributed by atoms with E-state index in [-0.39, 0.29) is 12.4 Å². The molecule has 0 N–H and O–H groups in total. The van der Waals surface area contributed by atoms with Crippen LogP contribution in [0.3, 0.4) is 0 Å². The van der Waals surface area contributed by atoms with Gasteiger partial charge in [0.1, 0.15) is 0 Å².